The molecule has 1 atom stereocenters. The van der Waals surface area contributed by atoms with Crippen LogP contribution in [0.1, 0.15) is 63.0 Å². The van der Waals surface area contributed by atoms with Crippen LogP contribution in [0.4, 0.5) is 0 Å². The molecule has 3 saturated heterocycles. The largest absolute Gasteiger partial charge is 0.341 e. The van der Waals surface area contributed by atoms with Crippen LogP contribution in [0.25, 0.3) is 0 Å². The van der Waals surface area contributed by atoms with Gasteiger partial charge in [-0.2, -0.15) is 0 Å². The van der Waals surface area contributed by atoms with Crippen LogP contribution in [0.3, 0.4) is 0 Å². The highest BCUT2D eigenvalue weighted by atomic mass is 16.2. The van der Waals surface area contributed by atoms with Crippen LogP contribution >= 0.6 is 0 Å². The molecule has 158 valence electrons. The Morgan fingerprint density at radius 3 is 2.52 bits per heavy atom. The van der Waals surface area contributed by atoms with Gasteiger partial charge < -0.3 is 9.80 Å². The smallest absolute Gasteiger partial charge is 0.242 e. The van der Waals surface area contributed by atoms with Gasteiger partial charge in [0.1, 0.15) is 0 Å². The first kappa shape index (κ1) is 20.4. The van der Waals surface area contributed by atoms with Gasteiger partial charge in [-0.1, -0.05) is 38.1 Å². The summed E-state index contributed by atoms with van der Waals surface area (Å²) in [4.78, 5) is 30.9. The number of likely N-dealkylation sites (tertiary alicyclic amines) is 3. The molecule has 0 saturated carbocycles. The van der Waals surface area contributed by atoms with Crippen LogP contribution in [0.5, 0.6) is 0 Å². The fraction of sp³-hybridized carbons (Fsp3) is 0.667. The van der Waals surface area contributed by atoms with E-state index in [4.69, 9.17) is 0 Å². The molecular weight excluding hydrogens is 362 g/mol. The number of nitrogens with zero attached hydrogens (tertiary/aromatic N) is 3. The highest BCUT2D eigenvalue weighted by Gasteiger charge is 2.43. The summed E-state index contributed by atoms with van der Waals surface area (Å²) >= 11 is 0. The zero-order valence-corrected chi connectivity index (χ0v) is 18.0. The van der Waals surface area contributed by atoms with Gasteiger partial charge in [0, 0.05) is 44.6 Å². The van der Waals surface area contributed by atoms with E-state index in [0.29, 0.717) is 12.3 Å². The second-order valence-corrected chi connectivity index (χ2v) is 9.69. The van der Waals surface area contributed by atoms with E-state index in [2.05, 4.69) is 43.0 Å². The molecule has 0 N–H and O–H groups in total. The summed E-state index contributed by atoms with van der Waals surface area (Å²) in [5.41, 5.74) is 3.01. The molecule has 1 spiro atoms. The maximum Gasteiger partial charge on any atom is 0.242 e. The minimum absolute atomic E-state index is 0.138. The number of rotatable bonds is 5. The van der Waals surface area contributed by atoms with E-state index in [1.54, 1.807) is 4.90 Å². The zero-order valence-electron chi connectivity index (χ0n) is 18.0. The Labute approximate surface area is 175 Å². The fourth-order valence-corrected chi connectivity index (χ4v) is 5.33. The molecule has 0 aliphatic carbocycles. The number of amides is 2. The normalized spacial score (nSPS) is 25.6. The third kappa shape index (κ3) is 4.66. The van der Waals surface area contributed by atoms with Crippen molar-refractivity contribution >= 4 is 11.8 Å². The average molecular weight is 398 g/mol. The van der Waals surface area contributed by atoms with Gasteiger partial charge >= 0.3 is 0 Å². The summed E-state index contributed by atoms with van der Waals surface area (Å²) in [5.74, 6) is 0.846. The summed E-state index contributed by atoms with van der Waals surface area (Å²) in [7, 11) is 0. The van der Waals surface area contributed by atoms with Crippen LogP contribution < -0.4 is 0 Å². The van der Waals surface area contributed by atoms with Crippen molar-refractivity contribution in [3.8, 4) is 0 Å². The SMILES string of the molecule is CC(C)c1ccc(CN2CCCC3(CCN(C(=O)CN4CCCC4=O)C3)C2)cc1. The molecule has 3 fully saturated rings. The zero-order chi connectivity index (χ0) is 20.4. The third-order valence-electron chi connectivity index (χ3n) is 7.08. The van der Waals surface area contributed by atoms with Crippen LogP contribution in [0.15, 0.2) is 24.3 Å². The number of piperidine rings is 1. The third-order valence-corrected chi connectivity index (χ3v) is 7.08. The molecule has 5 heteroatoms. The molecule has 1 aromatic carbocycles. The molecular formula is C24H35N3O2. The van der Waals surface area contributed by atoms with E-state index >= 15 is 0 Å². The minimum atomic E-state index is 0.138. The molecule has 29 heavy (non-hydrogen) atoms. The van der Waals surface area contributed by atoms with Crippen molar-refractivity contribution in [3.05, 3.63) is 35.4 Å². The number of hydrogen-bond donors (Lipinski definition) is 0. The Morgan fingerprint density at radius 2 is 1.83 bits per heavy atom. The summed E-state index contributed by atoms with van der Waals surface area (Å²) < 4.78 is 0. The molecule has 5 nitrogen and oxygen atoms in total. The van der Waals surface area contributed by atoms with E-state index < -0.39 is 0 Å². The summed E-state index contributed by atoms with van der Waals surface area (Å²) in [6.07, 6.45) is 5.00. The van der Waals surface area contributed by atoms with E-state index in [-0.39, 0.29) is 23.8 Å². The van der Waals surface area contributed by atoms with Crippen molar-refractivity contribution in [2.75, 3.05) is 39.3 Å². The Kier molecular flexibility index (Phi) is 5.95. The van der Waals surface area contributed by atoms with Crippen molar-refractivity contribution in [2.45, 2.75) is 58.4 Å². The number of benzene rings is 1. The van der Waals surface area contributed by atoms with Crippen LogP contribution in [-0.4, -0.2) is 65.8 Å². The molecule has 0 radical (unpaired) electrons. The predicted molar refractivity (Wildman–Crippen MR) is 114 cm³/mol. The lowest BCUT2D eigenvalue weighted by Crippen LogP contribution is -2.46. The minimum Gasteiger partial charge on any atom is -0.341 e. The highest BCUT2D eigenvalue weighted by Crippen LogP contribution is 2.39. The molecule has 3 heterocycles. The second-order valence-electron chi connectivity index (χ2n) is 9.69. The number of hydrogen-bond acceptors (Lipinski definition) is 3. The van der Waals surface area contributed by atoms with Crippen LogP contribution in [0.2, 0.25) is 0 Å². The lowest BCUT2D eigenvalue weighted by molar-refractivity contribution is -0.138. The van der Waals surface area contributed by atoms with Crippen LogP contribution in [0, 0.1) is 5.41 Å². The van der Waals surface area contributed by atoms with Gasteiger partial charge in [0.2, 0.25) is 11.8 Å². The topological polar surface area (TPSA) is 43.9 Å². The first-order valence-electron chi connectivity index (χ1n) is 11.3. The van der Waals surface area contributed by atoms with E-state index in [1.807, 2.05) is 4.90 Å². The Bertz CT molecular complexity index is 745. The quantitative estimate of drug-likeness (QED) is 0.766. The predicted octanol–water partition coefficient (Wildman–Crippen LogP) is 3.25. The lowest BCUT2D eigenvalue weighted by Gasteiger charge is -2.40. The van der Waals surface area contributed by atoms with Crippen molar-refractivity contribution in [3.63, 3.8) is 0 Å². The van der Waals surface area contributed by atoms with E-state index in [1.165, 1.54) is 24.0 Å². The second kappa shape index (κ2) is 8.47. The molecule has 3 aliphatic heterocycles. The highest BCUT2D eigenvalue weighted by molar-refractivity contribution is 5.86. The van der Waals surface area contributed by atoms with Gasteiger partial charge in [-0.3, -0.25) is 14.5 Å². The first-order valence-corrected chi connectivity index (χ1v) is 11.3. The van der Waals surface area contributed by atoms with Crippen molar-refractivity contribution < 1.29 is 9.59 Å². The molecule has 1 aromatic rings. The summed E-state index contributed by atoms with van der Waals surface area (Å²) in [6, 6.07) is 9.06. The number of carbonyl (C=O) groups excluding carboxylic acids is 2. The maximum absolute atomic E-state index is 12.8. The Morgan fingerprint density at radius 1 is 1.03 bits per heavy atom. The van der Waals surface area contributed by atoms with Gasteiger partial charge in [-0.05, 0) is 49.3 Å². The van der Waals surface area contributed by atoms with E-state index in [9.17, 15) is 9.59 Å². The van der Waals surface area contributed by atoms with Crippen molar-refractivity contribution in [1.29, 1.82) is 0 Å². The fourth-order valence-electron chi connectivity index (χ4n) is 5.33. The summed E-state index contributed by atoms with van der Waals surface area (Å²) in [5, 5.41) is 0. The monoisotopic (exact) mass is 397 g/mol. The van der Waals surface area contributed by atoms with Gasteiger partial charge in [-0.25, -0.2) is 0 Å². The van der Waals surface area contributed by atoms with Gasteiger partial charge in [0.05, 0.1) is 6.54 Å². The summed E-state index contributed by atoms with van der Waals surface area (Å²) in [6.45, 7) is 10.4. The molecule has 1 unspecified atom stereocenters. The molecule has 4 rings (SSSR count). The van der Waals surface area contributed by atoms with Crippen molar-refractivity contribution in [1.82, 2.24) is 14.7 Å². The standard InChI is InChI=1S/C24H35N3O2/c1-19(2)21-8-6-20(7-9-21)15-25-12-4-10-24(17-25)11-14-27(18-24)23(29)16-26-13-3-5-22(26)28/h6-9,19H,3-5,10-18H2,1-2H3. The molecule has 0 bridgehead atoms. The molecule has 2 amide bonds. The first-order chi connectivity index (χ1) is 13.9. The van der Waals surface area contributed by atoms with E-state index in [0.717, 1.165) is 52.1 Å². The Hall–Kier alpha value is -1.88. The number of carbonyl (C=O) groups is 2. The Balaban J connectivity index is 1.33. The lowest BCUT2D eigenvalue weighted by atomic mass is 9.79. The molecule has 3 aliphatic rings. The molecule has 0 aromatic heterocycles. The average Bonchev–Trinajstić information content (AvgIpc) is 3.29. The van der Waals surface area contributed by atoms with Crippen molar-refractivity contribution in [2.24, 2.45) is 5.41 Å². The maximum atomic E-state index is 12.8. The van der Waals surface area contributed by atoms with Gasteiger partial charge in [0.15, 0.2) is 0 Å². The van der Waals surface area contributed by atoms with Gasteiger partial charge in [-0.15, -0.1) is 0 Å². The van der Waals surface area contributed by atoms with Gasteiger partial charge in [0.25, 0.3) is 0 Å². The van der Waals surface area contributed by atoms with Crippen LogP contribution in [-0.2, 0) is 16.1 Å².